The van der Waals surface area contributed by atoms with Crippen LogP contribution in [0.25, 0.3) is 0 Å². The number of nitrogens with zero attached hydrogens (tertiary/aromatic N) is 1. The Morgan fingerprint density at radius 2 is 1.67 bits per heavy atom. The number of carboxylic acid groups (broad SMARTS) is 2. The molecule has 0 spiro atoms. The van der Waals surface area contributed by atoms with Crippen LogP contribution in [0.2, 0.25) is 0 Å². The summed E-state index contributed by atoms with van der Waals surface area (Å²) in [5.74, 6) is -0.590. The highest BCUT2D eigenvalue weighted by Gasteiger charge is 2.25. The third-order valence-electron chi connectivity index (χ3n) is 7.42. The molecule has 3 N–H and O–H groups in total. The number of rotatable bonds is 7. The van der Waals surface area contributed by atoms with E-state index in [1.54, 1.807) is 6.20 Å². The molecule has 196 valence electrons. The molecule has 1 aromatic heterocycles. The van der Waals surface area contributed by atoms with Crippen molar-refractivity contribution in [2.75, 3.05) is 19.7 Å². The lowest BCUT2D eigenvalue weighted by Gasteiger charge is -2.32. The molecule has 36 heavy (non-hydrogen) atoms. The molecule has 2 aliphatic rings. The lowest BCUT2D eigenvalue weighted by Crippen LogP contribution is -2.36. The van der Waals surface area contributed by atoms with Crippen LogP contribution in [0.1, 0.15) is 68.9 Å². The van der Waals surface area contributed by atoms with E-state index in [-0.39, 0.29) is 5.56 Å². The summed E-state index contributed by atoms with van der Waals surface area (Å²) in [5, 5.41) is 14.8. The number of aliphatic carboxylic acids is 2. The van der Waals surface area contributed by atoms with Crippen molar-refractivity contribution < 1.29 is 24.5 Å². The van der Waals surface area contributed by atoms with E-state index in [0.29, 0.717) is 11.8 Å². The van der Waals surface area contributed by atoms with Gasteiger partial charge in [-0.05, 0) is 74.2 Å². The molecule has 1 atom stereocenters. The first-order valence-corrected chi connectivity index (χ1v) is 12.9. The minimum atomic E-state index is -1.82. The van der Waals surface area contributed by atoms with Crippen molar-refractivity contribution in [3.8, 4) is 5.75 Å². The van der Waals surface area contributed by atoms with Gasteiger partial charge in [-0.2, -0.15) is 0 Å². The Kier molecular flexibility index (Phi) is 10.5. The van der Waals surface area contributed by atoms with E-state index in [1.807, 2.05) is 12.1 Å². The second-order valence-corrected chi connectivity index (χ2v) is 9.89. The summed E-state index contributed by atoms with van der Waals surface area (Å²) in [4.78, 5) is 35.3. The van der Waals surface area contributed by atoms with Crippen LogP contribution in [0.5, 0.6) is 5.75 Å². The maximum absolute atomic E-state index is 11.9. The van der Waals surface area contributed by atoms with Crippen LogP contribution in [0, 0.1) is 11.8 Å². The fraction of sp³-hybridized carbons (Fsp3) is 0.536. The number of piperidine rings is 1. The van der Waals surface area contributed by atoms with Gasteiger partial charge in [-0.25, -0.2) is 9.59 Å². The Labute approximate surface area is 212 Å². The Balaban J connectivity index is 0.000000538. The smallest absolute Gasteiger partial charge is 0.414 e. The van der Waals surface area contributed by atoms with E-state index in [4.69, 9.17) is 24.5 Å². The minimum Gasteiger partial charge on any atom is -0.493 e. The average Bonchev–Trinajstić information content (AvgIpc) is 2.90. The van der Waals surface area contributed by atoms with Crippen molar-refractivity contribution in [1.82, 2.24) is 9.88 Å². The van der Waals surface area contributed by atoms with Crippen LogP contribution in [-0.2, 0) is 16.1 Å². The van der Waals surface area contributed by atoms with Gasteiger partial charge in [0, 0.05) is 18.3 Å². The highest BCUT2D eigenvalue weighted by atomic mass is 16.5. The monoisotopic (exact) mass is 498 g/mol. The van der Waals surface area contributed by atoms with Gasteiger partial charge in [0.2, 0.25) is 0 Å². The molecule has 0 amide bonds. The number of H-pyrrole nitrogens is 1. The molecule has 2 heterocycles. The zero-order valence-electron chi connectivity index (χ0n) is 21.0. The lowest BCUT2D eigenvalue weighted by atomic mass is 9.77. The van der Waals surface area contributed by atoms with E-state index >= 15 is 0 Å². The summed E-state index contributed by atoms with van der Waals surface area (Å²) < 4.78 is 6.39. The average molecular weight is 499 g/mol. The van der Waals surface area contributed by atoms with E-state index in [9.17, 15) is 4.79 Å². The van der Waals surface area contributed by atoms with E-state index in [2.05, 4.69) is 41.1 Å². The maximum Gasteiger partial charge on any atom is 0.414 e. The molecule has 8 heteroatoms. The summed E-state index contributed by atoms with van der Waals surface area (Å²) in [7, 11) is 0. The summed E-state index contributed by atoms with van der Waals surface area (Å²) in [6.45, 7) is 5.99. The Morgan fingerprint density at radius 3 is 2.31 bits per heavy atom. The zero-order valence-corrected chi connectivity index (χ0v) is 21.0. The highest BCUT2D eigenvalue weighted by Crippen LogP contribution is 2.39. The summed E-state index contributed by atoms with van der Waals surface area (Å²) in [6.07, 6.45) is 10.8. The predicted molar refractivity (Wildman–Crippen MR) is 137 cm³/mol. The van der Waals surface area contributed by atoms with E-state index in [1.165, 1.54) is 37.7 Å². The molecule has 2 fully saturated rings. The number of hydrogen-bond donors (Lipinski definition) is 3. The van der Waals surface area contributed by atoms with Crippen molar-refractivity contribution >= 4 is 11.9 Å². The predicted octanol–water partition coefficient (Wildman–Crippen LogP) is 4.51. The number of para-hydroxylation sites is 1. The number of nitrogens with one attached hydrogen (secondary N) is 1. The SMILES string of the molecule is CC(c1ccccc1OCC1CCN(Cc2ccc[nH]c2=O)CC1)C1CCCCC1.O=C(O)C(=O)O. The van der Waals surface area contributed by atoms with Crippen LogP contribution in [0.4, 0.5) is 0 Å². The largest absolute Gasteiger partial charge is 0.493 e. The van der Waals surface area contributed by atoms with Crippen LogP contribution in [0.3, 0.4) is 0 Å². The Hall–Kier alpha value is -3.13. The highest BCUT2D eigenvalue weighted by molar-refractivity contribution is 6.27. The molecule has 0 bridgehead atoms. The van der Waals surface area contributed by atoms with Gasteiger partial charge in [0.25, 0.3) is 5.56 Å². The first-order chi connectivity index (χ1) is 17.3. The van der Waals surface area contributed by atoms with Gasteiger partial charge in [0.05, 0.1) is 6.61 Å². The second-order valence-electron chi connectivity index (χ2n) is 9.89. The molecular weight excluding hydrogens is 460 g/mol. The molecule has 1 saturated heterocycles. The molecule has 1 aliphatic carbocycles. The molecule has 8 nitrogen and oxygen atoms in total. The van der Waals surface area contributed by atoms with Gasteiger partial charge in [-0.1, -0.05) is 50.5 Å². The minimum absolute atomic E-state index is 0.0339. The lowest BCUT2D eigenvalue weighted by molar-refractivity contribution is -0.159. The summed E-state index contributed by atoms with van der Waals surface area (Å²) in [5.41, 5.74) is 2.29. The number of aromatic nitrogens is 1. The van der Waals surface area contributed by atoms with Crippen LogP contribution in [-0.4, -0.2) is 51.7 Å². The number of aromatic amines is 1. The second kappa shape index (κ2) is 13.8. The third kappa shape index (κ3) is 8.22. The third-order valence-corrected chi connectivity index (χ3v) is 7.42. The quantitative estimate of drug-likeness (QED) is 0.481. The van der Waals surface area contributed by atoms with Crippen molar-refractivity contribution in [3.63, 3.8) is 0 Å². The number of carboxylic acids is 2. The van der Waals surface area contributed by atoms with Crippen molar-refractivity contribution in [2.45, 2.75) is 64.3 Å². The molecule has 4 rings (SSSR count). The van der Waals surface area contributed by atoms with E-state index in [0.717, 1.165) is 56.3 Å². The molecular formula is C28H38N2O6. The molecule has 1 unspecified atom stereocenters. The van der Waals surface area contributed by atoms with Gasteiger partial charge in [0.1, 0.15) is 5.75 Å². The van der Waals surface area contributed by atoms with Gasteiger partial charge in [-0.3, -0.25) is 9.69 Å². The fourth-order valence-corrected chi connectivity index (χ4v) is 5.22. The normalized spacial score (nSPS) is 18.0. The Bertz CT molecular complexity index is 1030. The van der Waals surface area contributed by atoms with Gasteiger partial charge in [-0.15, -0.1) is 0 Å². The van der Waals surface area contributed by atoms with Crippen LogP contribution >= 0.6 is 0 Å². The summed E-state index contributed by atoms with van der Waals surface area (Å²) in [6, 6.07) is 12.5. The molecule has 1 aliphatic heterocycles. The Morgan fingerprint density at radius 1 is 1.00 bits per heavy atom. The molecule has 0 radical (unpaired) electrons. The van der Waals surface area contributed by atoms with Gasteiger partial charge in [0.15, 0.2) is 0 Å². The molecule has 1 aromatic carbocycles. The van der Waals surface area contributed by atoms with Gasteiger partial charge < -0.3 is 19.9 Å². The van der Waals surface area contributed by atoms with Crippen molar-refractivity contribution in [3.05, 3.63) is 64.1 Å². The molecule has 1 saturated carbocycles. The first-order valence-electron chi connectivity index (χ1n) is 12.9. The number of carbonyl (C=O) groups is 2. The zero-order chi connectivity index (χ0) is 25.9. The topological polar surface area (TPSA) is 120 Å². The number of hydrogen-bond acceptors (Lipinski definition) is 5. The number of ether oxygens (including phenoxy) is 1. The maximum atomic E-state index is 11.9. The number of benzene rings is 1. The summed E-state index contributed by atoms with van der Waals surface area (Å²) >= 11 is 0. The van der Waals surface area contributed by atoms with Crippen LogP contribution < -0.4 is 10.3 Å². The fourth-order valence-electron chi connectivity index (χ4n) is 5.22. The standard InChI is InChI=1S/C26H36N2O2.C2H2O4/c1-20(22-8-3-2-4-9-22)24-11-5-6-12-25(24)30-19-21-13-16-28(17-14-21)18-23-10-7-15-27-26(23)29;3-1(4)2(5)6/h5-7,10-12,15,20-22H,2-4,8-9,13-14,16-19H2,1H3,(H,27,29);(H,3,4)(H,5,6). The number of pyridine rings is 1. The van der Waals surface area contributed by atoms with Crippen molar-refractivity contribution in [2.24, 2.45) is 11.8 Å². The van der Waals surface area contributed by atoms with Crippen LogP contribution in [0.15, 0.2) is 47.4 Å². The molecule has 2 aromatic rings. The van der Waals surface area contributed by atoms with Gasteiger partial charge >= 0.3 is 11.9 Å². The number of likely N-dealkylation sites (tertiary alicyclic amines) is 1. The van der Waals surface area contributed by atoms with E-state index < -0.39 is 11.9 Å². The van der Waals surface area contributed by atoms with Crippen molar-refractivity contribution in [1.29, 1.82) is 0 Å². The first kappa shape index (κ1) is 27.5.